The lowest BCUT2D eigenvalue weighted by atomic mass is 10.2. The fourth-order valence-electron chi connectivity index (χ4n) is 3.92. The van der Waals surface area contributed by atoms with Crippen molar-refractivity contribution in [2.24, 2.45) is 0 Å². The summed E-state index contributed by atoms with van der Waals surface area (Å²) >= 11 is 6.07. The first-order valence-electron chi connectivity index (χ1n) is 10.9. The lowest BCUT2D eigenvalue weighted by molar-refractivity contribution is -0.120. The second-order valence-corrected chi connectivity index (χ2v) is 12.2. The number of methoxy groups -OCH3 is 1. The van der Waals surface area contributed by atoms with Gasteiger partial charge in [0.25, 0.3) is 0 Å². The predicted molar refractivity (Wildman–Crippen MR) is 136 cm³/mol. The predicted octanol–water partition coefficient (Wildman–Crippen LogP) is 3.05. The van der Waals surface area contributed by atoms with Crippen LogP contribution in [0.25, 0.3) is 0 Å². The molecule has 36 heavy (non-hydrogen) atoms. The molecule has 0 radical (unpaired) electrons. The van der Waals surface area contributed by atoms with E-state index in [1.54, 1.807) is 48.5 Å². The summed E-state index contributed by atoms with van der Waals surface area (Å²) in [6.45, 7) is -0.709. The molecule has 0 aliphatic carbocycles. The van der Waals surface area contributed by atoms with Crippen LogP contribution in [0.2, 0.25) is 5.02 Å². The van der Waals surface area contributed by atoms with Crippen molar-refractivity contribution in [2.45, 2.75) is 15.8 Å². The van der Waals surface area contributed by atoms with Crippen LogP contribution < -0.4 is 10.1 Å². The molecule has 12 heteroatoms. The molecule has 0 saturated carbocycles. The maximum atomic E-state index is 13.5. The monoisotopic (exact) mass is 549 g/mol. The minimum atomic E-state index is -4.11. The number of sulfonamides is 2. The number of nitrogens with one attached hydrogen (secondary N) is 1. The number of hydrogen-bond donors (Lipinski definition) is 1. The summed E-state index contributed by atoms with van der Waals surface area (Å²) in [4.78, 5) is 13.6. The topological polar surface area (TPSA) is 113 Å². The Kier molecular flexibility index (Phi) is 7.67. The number of benzene rings is 3. The average Bonchev–Trinajstić information content (AvgIpc) is 2.89. The molecular formula is C24H24ClN3O6S2. The molecule has 1 N–H and O–H groups in total. The van der Waals surface area contributed by atoms with Crippen molar-refractivity contribution in [3.8, 4) is 5.75 Å². The SMILES string of the molecule is COc1ccc(Cl)cc1NC(=O)[C@H]1CN(S(=O)(=O)c2ccccc2)CCN1S(=O)(=O)c1ccccc1. The minimum Gasteiger partial charge on any atom is -0.495 e. The lowest BCUT2D eigenvalue weighted by Crippen LogP contribution is -2.60. The van der Waals surface area contributed by atoms with Crippen LogP contribution in [-0.4, -0.2) is 64.1 Å². The summed E-state index contributed by atoms with van der Waals surface area (Å²) in [5, 5.41) is 2.99. The van der Waals surface area contributed by atoms with Crippen molar-refractivity contribution in [2.75, 3.05) is 32.1 Å². The Hall–Kier alpha value is -2.96. The van der Waals surface area contributed by atoms with Crippen LogP contribution in [0.5, 0.6) is 5.75 Å². The molecule has 3 aromatic carbocycles. The van der Waals surface area contributed by atoms with Crippen molar-refractivity contribution in [1.29, 1.82) is 0 Å². The Bertz CT molecular complexity index is 1450. The number of anilines is 1. The molecule has 1 heterocycles. The standard InChI is InChI=1S/C24H24ClN3O6S2/c1-34-23-13-12-18(25)16-21(23)26-24(29)22-17-27(35(30,31)19-8-4-2-5-9-19)14-15-28(22)36(32,33)20-10-6-3-7-11-20/h2-13,16,22H,14-15,17H2,1H3,(H,26,29)/t22-/m1/s1. The average molecular weight is 550 g/mol. The first kappa shape index (κ1) is 26.1. The van der Waals surface area contributed by atoms with Crippen LogP contribution in [0.1, 0.15) is 0 Å². The third-order valence-corrected chi connectivity index (χ3v) is 9.78. The molecule has 4 rings (SSSR count). The van der Waals surface area contributed by atoms with Gasteiger partial charge in [0.05, 0.1) is 22.6 Å². The van der Waals surface area contributed by atoms with Gasteiger partial charge < -0.3 is 10.1 Å². The van der Waals surface area contributed by atoms with Crippen LogP contribution in [0.3, 0.4) is 0 Å². The van der Waals surface area contributed by atoms with Gasteiger partial charge in [-0.25, -0.2) is 16.8 Å². The lowest BCUT2D eigenvalue weighted by Gasteiger charge is -2.39. The van der Waals surface area contributed by atoms with Gasteiger partial charge in [-0.05, 0) is 42.5 Å². The molecule has 3 aromatic rings. The quantitative estimate of drug-likeness (QED) is 0.484. The van der Waals surface area contributed by atoms with E-state index in [9.17, 15) is 21.6 Å². The van der Waals surface area contributed by atoms with E-state index in [1.165, 1.54) is 37.4 Å². The van der Waals surface area contributed by atoms with Crippen LogP contribution in [-0.2, 0) is 24.8 Å². The van der Waals surface area contributed by atoms with Gasteiger partial charge in [-0.15, -0.1) is 0 Å². The summed E-state index contributed by atoms with van der Waals surface area (Å²) in [7, 11) is -6.66. The normalized spacial score (nSPS) is 17.4. The van der Waals surface area contributed by atoms with Crippen molar-refractivity contribution in [3.05, 3.63) is 83.9 Å². The Morgan fingerprint density at radius 2 is 1.47 bits per heavy atom. The fraction of sp³-hybridized carbons (Fsp3) is 0.208. The third kappa shape index (κ3) is 5.25. The number of halogens is 1. The number of rotatable bonds is 7. The Morgan fingerprint density at radius 3 is 2.06 bits per heavy atom. The van der Waals surface area contributed by atoms with Crippen molar-refractivity contribution in [1.82, 2.24) is 8.61 Å². The highest BCUT2D eigenvalue weighted by molar-refractivity contribution is 7.89. The summed E-state index contributed by atoms with van der Waals surface area (Å²) in [6.07, 6.45) is 0. The molecule has 1 saturated heterocycles. The number of ether oxygens (including phenoxy) is 1. The van der Waals surface area contributed by atoms with E-state index in [4.69, 9.17) is 16.3 Å². The highest BCUT2D eigenvalue weighted by Gasteiger charge is 2.43. The van der Waals surface area contributed by atoms with E-state index in [1.807, 2.05) is 0 Å². The maximum absolute atomic E-state index is 13.5. The summed E-state index contributed by atoms with van der Waals surface area (Å²) < 4.78 is 61.0. The van der Waals surface area contributed by atoms with Gasteiger partial charge in [0.2, 0.25) is 26.0 Å². The third-order valence-electron chi connectivity index (χ3n) is 5.75. The largest absolute Gasteiger partial charge is 0.495 e. The Balaban J connectivity index is 1.71. The summed E-state index contributed by atoms with van der Waals surface area (Å²) in [5.74, 6) is -0.405. The van der Waals surface area contributed by atoms with E-state index in [0.717, 1.165) is 8.61 Å². The number of nitrogens with zero attached hydrogens (tertiary/aromatic N) is 2. The zero-order valence-corrected chi connectivity index (χ0v) is 21.6. The molecule has 1 atom stereocenters. The molecule has 0 bridgehead atoms. The van der Waals surface area contributed by atoms with Gasteiger partial charge >= 0.3 is 0 Å². The smallest absolute Gasteiger partial charge is 0.244 e. The summed E-state index contributed by atoms with van der Waals surface area (Å²) in [6, 6.07) is 18.7. The molecule has 190 valence electrons. The number of hydrogen-bond acceptors (Lipinski definition) is 6. The van der Waals surface area contributed by atoms with Crippen molar-refractivity contribution < 1.29 is 26.4 Å². The molecule has 0 aromatic heterocycles. The molecule has 1 aliphatic heterocycles. The van der Waals surface area contributed by atoms with Gasteiger partial charge in [-0.2, -0.15) is 8.61 Å². The number of carbonyl (C=O) groups is 1. The highest BCUT2D eigenvalue weighted by Crippen LogP contribution is 2.30. The van der Waals surface area contributed by atoms with E-state index in [2.05, 4.69) is 5.32 Å². The van der Waals surface area contributed by atoms with Crippen LogP contribution >= 0.6 is 11.6 Å². The van der Waals surface area contributed by atoms with E-state index in [-0.39, 0.29) is 35.1 Å². The molecule has 1 aliphatic rings. The number of piperazine rings is 1. The molecule has 0 spiro atoms. The molecule has 1 amide bonds. The fourth-order valence-corrected chi connectivity index (χ4v) is 7.15. The van der Waals surface area contributed by atoms with Crippen LogP contribution in [0.4, 0.5) is 5.69 Å². The van der Waals surface area contributed by atoms with Gasteiger partial charge in [0, 0.05) is 24.7 Å². The second kappa shape index (κ2) is 10.6. The maximum Gasteiger partial charge on any atom is 0.244 e. The van der Waals surface area contributed by atoms with Gasteiger partial charge in [0.15, 0.2) is 0 Å². The van der Waals surface area contributed by atoms with Gasteiger partial charge in [0.1, 0.15) is 11.8 Å². The van der Waals surface area contributed by atoms with E-state index in [0.29, 0.717) is 10.8 Å². The molecule has 9 nitrogen and oxygen atoms in total. The zero-order valence-electron chi connectivity index (χ0n) is 19.2. The van der Waals surface area contributed by atoms with Crippen LogP contribution in [0.15, 0.2) is 88.7 Å². The highest BCUT2D eigenvalue weighted by atomic mass is 35.5. The van der Waals surface area contributed by atoms with Crippen molar-refractivity contribution >= 4 is 43.2 Å². The first-order chi connectivity index (χ1) is 17.1. The number of amides is 1. The van der Waals surface area contributed by atoms with Gasteiger partial charge in [-0.3, -0.25) is 4.79 Å². The molecule has 1 fully saturated rings. The minimum absolute atomic E-state index is 0.00232. The second-order valence-electron chi connectivity index (χ2n) is 7.95. The summed E-state index contributed by atoms with van der Waals surface area (Å²) in [5.41, 5.74) is 0.232. The van der Waals surface area contributed by atoms with E-state index < -0.39 is 32.0 Å². The molecule has 0 unspecified atom stereocenters. The zero-order chi connectivity index (χ0) is 25.9. The van der Waals surface area contributed by atoms with E-state index >= 15 is 0 Å². The Labute approximate surface area is 215 Å². The van der Waals surface area contributed by atoms with Crippen molar-refractivity contribution in [3.63, 3.8) is 0 Å². The first-order valence-corrected chi connectivity index (χ1v) is 14.2. The molecular weight excluding hydrogens is 526 g/mol. The van der Waals surface area contributed by atoms with Gasteiger partial charge in [-0.1, -0.05) is 48.0 Å². The number of carbonyl (C=O) groups excluding carboxylic acids is 1. The Morgan fingerprint density at radius 1 is 0.889 bits per heavy atom. The van der Waals surface area contributed by atoms with Crippen LogP contribution in [0, 0.1) is 0 Å².